The molecule has 178 valence electrons. The van der Waals surface area contributed by atoms with Crippen molar-refractivity contribution in [2.75, 3.05) is 25.1 Å². The van der Waals surface area contributed by atoms with Crippen LogP contribution in [0.4, 0.5) is 18.9 Å². The minimum Gasteiger partial charge on any atom is -0.497 e. The number of carbonyl (C=O) groups excluding carboxylic acids is 1. The summed E-state index contributed by atoms with van der Waals surface area (Å²) in [5.74, 6) is 0.759. The number of para-hydroxylation sites is 2. The first-order chi connectivity index (χ1) is 16.3. The zero-order valence-corrected chi connectivity index (χ0v) is 18.8. The number of amides is 1. The third-order valence-electron chi connectivity index (χ3n) is 5.76. The number of nitrogens with one attached hydrogen (secondary N) is 1. The monoisotopic (exact) mass is 470 g/mol. The summed E-state index contributed by atoms with van der Waals surface area (Å²) in [6, 6.07) is 19.2. The van der Waals surface area contributed by atoms with Crippen molar-refractivity contribution in [3.63, 3.8) is 0 Å². The number of nitrogens with zero attached hydrogens (tertiary/aromatic N) is 1. The van der Waals surface area contributed by atoms with Crippen LogP contribution in [0.15, 0.2) is 72.8 Å². The van der Waals surface area contributed by atoms with Gasteiger partial charge in [0.05, 0.1) is 24.9 Å². The van der Waals surface area contributed by atoms with Gasteiger partial charge in [0, 0.05) is 18.2 Å². The molecule has 1 heterocycles. The van der Waals surface area contributed by atoms with Gasteiger partial charge in [-0.3, -0.25) is 4.79 Å². The predicted molar refractivity (Wildman–Crippen MR) is 123 cm³/mol. The van der Waals surface area contributed by atoms with E-state index in [1.165, 1.54) is 17.0 Å². The van der Waals surface area contributed by atoms with E-state index in [9.17, 15) is 18.0 Å². The van der Waals surface area contributed by atoms with Crippen molar-refractivity contribution >= 4 is 11.6 Å². The van der Waals surface area contributed by atoms with E-state index < -0.39 is 23.8 Å². The minimum absolute atomic E-state index is 0.0107. The molecule has 2 atom stereocenters. The third-order valence-corrected chi connectivity index (χ3v) is 5.76. The van der Waals surface area contributed by atoms with Gasteiger partial charge in [-0.05, 0) is 55.0 Å². The predicted octanol–water partition coefficient (Wildman–Crippen LogP) is 5.47. The van der Waals surface area contributed by atoms with Crippen molar-refractivity contribution in [3.8, 4) is 11.5 Å². The molecule has 1 N–H and O–H groups in total. The normalized spacial score (nSPS) is 16.4. The van der Waals surface area contributed by atoms with Crippen LogP contribution in [0.1, 0.15) is 34.5 Å². The second kappa shape index (κ2) is 9.77. The van der Waals surface area contributed by atoms with Crippen molar-refractivity contribution in [1.82, 2.24) is 5.32 Å². The van der Waals surface area contributed by atoms with Gasteiger partial charge in [-0.15, -0.1) is 0 Å². The summed E-state index contributed by atoms with van der Waals surface area (Å²) in [4.78, 5) is 14.8. The smallest absolute Gasteiger partial charge is 0.416 e. The molecule has 8 heteroatoms. The number of hydrogen-bond acceptors (Lipinski definition) is 4. The Morgan fingerprint density at radius 2 is 1.88 bits per heavy atom. The Morgan fingerprint density at radius 1 is 1.12 bits per heavy atom. The molecular weight excluding hydrogens is 445 g/mol. The van der Waals surface area contributed by atoms with Crippen LogP contribution >= 0.6 is 0 Å². The molecule has 0 saturated heterocycles. The van der Waals surface area contributed by atoms with Gasteiger partial charge in [-0.1, -0.05) is 30.3 Å². The number of fused-ring (bicyclic) bond motifs is 1. The standard InChI is InChI=1S/C26H25F3N2O3/c1-17(18-7-6-10-21(14-18)33-2)30-15-22-16-31(23-11-3-4-12-24(23)34-22)25(32)19-8-5-9-20(13-19)26(27,28)29/h3-14,17,22,30H,15-16H2,1-2H3/t17-,22?/m1/s1. The van der Waals surface area contributed by atoms with Crippen molar-refractivity contribution in [1.29, 1.82) is 0 Å². The van der Waals surface area contributed by atoms with Gasteiger partial charge in [0.1, 0.15) is 17.6 Å². The number of halogens is 3. The Balaban J connectivity index is 1.53. The molecule has 34 heavy (non-hydrogen) atoms. The summed E-state index contributed by atoms with van der Waals surface area (Å²) in [7, 11) is 1.61. The molecule has 0 saturated carbocycles. The first-order valence-corrected chi connectivity index (χ1v) is 10.9. The lowest BCUT2D eigenvalue weighted by atomic mass is 10.1. The number of anilines is 1. The van der Waals surface area contributed by atoms with Gasteiger partial charge in [0.15, 0.2) is 0 Å². The number of carbonyl (C=O) groups is 1. The number of benzene rings is 3. The molecule has 0 fully saturated rings. The lowest BCUT2D eigenvalue weighted by Crippen LogP contribution is -2.48. The zero-order chi connectivity index (χ0) is 24.3. The zero-order valence-electron chi connectivity index (χ0n) is 18.8. The Bertz CT molecular complexity index is 1170. The molecule has 3 aromatic rings. The summed E-state index contributed by atoms with van der Waals surface area (Å²) < 4.78 is 50.9. The van der Waals surface area contributed by atoms with Crippen LogP contribution in [0.5, 0.6) is 11.5 Å². The van der Waals surface area contributed by atoms with E-state index in [-0.39, 0.29) is 18.2 Å². The van der Waals surface area contributed by atoms with Crippen LogP contribution in [-0.2, 0) is 6.18 Å². The number of ether oxygens (including phenoxy) is 2. The Kier molecular flexibility index (Phi) is 6.79. The molecule has 3 aromatic carbocycles. The topological polar surface area (TPSA) is 50.8 Å². The van der Waals surface area contributed by atoms with Gasteiger partial charge < -0.3 is 19.7 Å². The molecule has 1 unspecified atom stereocenters. The first kappa shape index (κ1) is 23.6. The molecule has 4 rings (SSSR count). The lowest BCUT2D eigenvalue weighted by Gasteiger charge is -2.35. The summed E-state index contributed by atoms with van der Waals surface area (Å²) in [5, 5.41) is 3.41. The van der Waals surface area contributed by atoms with Crippen LogP contribution < -0.4 is 19.7 Å². The molecule has 1 amide bonds. The maximum Gasteiger partial charge on any atom is 0.416 e. The average molecular weight is 470 g/mol. The van der Waals surface area contributed by atoms with Crippen molar-refractivity contribution in [2.45, 2.75) is 25.2 Å². The fraction of sp³-hybridized carbons (Fsp3) is 0.269. The fourth-order valence-corrected chi connectivity index (χ4v) is 3.92. The van der Waals surface area contributed by atoms with Gasteiger partial charge >= 0.3 is 6.18 Å². The second-order valence-electron chi connectivity index (χ2n) is 8.11. The van der Waals surface area contributed by atoms with E-state index in [0.717, 1.165) is 23.4 Å². The molecule has 0 bridgehead atoms. The van der Waals surface area contributed by atoms with E-state index in [4.69, 9.17) is 9.47 Å². The van der Waals surface area contributed by atoms with Gasteiger partial charge in [0.2, 0.25) is 0 Å². The molecule has 0 aromatic heterocycles. The van der Waals surface area contributed by atoms with Crippen LogP contribution in [-0.4, -0.2) is 32.2 Å². The Morgan fingerprint density at radius 3 is 2.65 bits per heavy atom. The molecule has 1 aliphatic heterocycles. The first-order valence-electron chi connectivity index (χ1n) is 10.9. The second-order valence-corrected chi connectivity index (χ2v) is 8.11. The van der Waals surface area contributed by atoms with Gasteiger partial charge in [0.25, 0.3) is 5.91 Å². The van der Waals surface area contributed by atoms with E-state index >= 15 is 0 Å². The number of methoxy groups -OCH3 is 1. The van der Waals surface area contributed by atoms with Crippen LogP contribution in [0.3, 0.4) is 0 Å². The van der Waals surface area contributed by atoms with E-state index in [0.29, 0.717) is 18.0 Å². The Labute approximate surface area is 196 Å². The van der Waals surface area contributed by atoms with Crippen molar-refractivity contribution in [3.05, 3.63) is 89.5 Å². The SMILES string of the molecule is COc1cccc([C@@H](C)NCC2CN(C(=O)c3cccc(C(F)(F)F)c3)c3ccccc3O2)c1. The highest BCUT2D eigenvalue weighted by molar-refractivity contribution is 6.07. The molecule has 1 aliphatic rings. The highest BCUT2D eigenvalue weighted by atomic mass is 19.4. The quantitative estimate of drug-likeness (QED) is 0.519. The summed E-state index contributed by atoms with van der Waals surface area (Å²) in [6.45, 7) is 2.64. The third kappa shape index (κ3) is 5.17. The summed E-state index contributed by atoms with van der Waals surface area (Å²) >= 11 is 0. The molecule has 0 spiro atoms. The molecular formula is C26H25F3N2O3. The van der Waals surface area contributed by atoms with Crippen LogP contribution in [0.2, 0.25) is 0 Å². The number of rotatable bonds is 6. The highest BCUT2D eigenvalue weighted by Crippen LogP contribution is 2.35. The lowest BCUT2D eigenvalue weighted by molar-refractivity contribution is -0.137. The maximum atomic E-state index is 13.3. The molecule has 0 aliphatic carbocycles. The average Bonchev–Trinajstić information content (AvgIpc) is 2.86. The maximum absolute atomic E-state index is 13.3. The summed E-state index contributed by atoms with van der Waals surface area (Å²) in [6.07, 6.45) is -4.92. The molecule has 5 nitrogen and oxygen atoms in total. The van der Waals surface area contributed by atoms with Crippen molar-refractivity contribution in [2.24, 2.45) is 0 Å². The van der Waals surface area contributed by atoms with Crippen molar-refractivity contribution < 1.29 is 27.4 Å². The molecule has 0 radical (unpaired) electrons. The van der Waals surface area contributed by atoms with Crippen LogP contribution in [0.25, 0.3) is 0 Å². The van der Waals surface area contributed by atoms with Gasteiger partial charge in [-0.2, -0.15) is 13.2 Å². The largest absolute Gasteiger partial charge is 0.497 e. The van der Waals surface area contributed by atoms with E-state index in [1.807, 2.05) is 31.2 Å². The number of hydrogen-bond donors (Lipinski definition) is 1. The minimum atomic E-state index is -4.53. The van der Waals surface area contributed by atoms with Gasteiger partial charge in [-0.25, -0.2) is 0 Å². The highest BCUT2D eigenvalue weighted by Gasteiger charge is 2.33. The summed E-state index contributed by atoms with van der Waals surface area (Å²) in [5.41, 5.74) is 0.683. The fourth-order valence-electron chi connectivity index (χ4n) is 3.92. The van der Waals surface area contributed by atoms with E-state index in [1.54, 1.807) is 31.4 Å². The number of alkyl halides is 3. The Hall–Kier alpha value is -3.52. The van der Waals surface area contributed by atoms with Crippen LogP contribution in [0, 0.1) is 0 Å². The van der Waals surface area contributed by atoms with E-state index in [2.05, 4.69) is 5.32 Å².